The van der Waals surface area contributed by atoms with Gasteiger partial charge in [0.05, 0.1) is 18.8 Å². The molecule has 3 N–H and O–H groups in total. The van der Waals surface area contributed by atoms with Gasteiger partial charge in [-0.25, -0.2) is 4.39 Å². The number of hydrogen-bond donors (Lipinski definition) is 3. The summed E-state index contributed by atoms with van der Waals surface area (Å²) in [6.07, 6.45) is 6.65. The third kappa shape index (κ3) is 4.33. The van der Waals surface area contributed by atoms with Crippen molar-refractivity contribution in [1.82, 2.24) is 10.6 Å². The summed E-state index contributed by atoms with van der Waals surface area (Å²) in [4.78, 5) is 26.6. The van der Waals surface area contributed by atoms with Gasteiger partial charge in [0, 0.05) is 11.6 Å². The van der Waals surface area contributed by atoms with Crippen LogP contribution in [-0.2, 0) is 15.2 Å². The molecule has 192 valence electrons. The van der Waals surface area contributed by atoms with E-state index in [1.807, 2.05) is 30.3 Å². The molecule has 1 saturated heterocycles. The predicted octanol–water partition coefficient (Wildman–Crippen LogP) is 5.03. The Balaban J connectivity index is 1.22. The Kier molecular flexibility index (Phi) is 5.67. The first kappa shape index (κ1) is 23.9. The van der Waals surface area contributed by atoms with Crippen molar-refractivity contribution in [1.29, 1.82) is 5.41 Å². The topological polar surface area (TPSA) is 104 Å². The van der Waals surface area contributed by atoms with Crippen LogP contribution in [0, 0.1) is 5.41 Å². The second kappa shape index (κ2) is 8.80. The van der Waals surface area contributed by atoms with Gasteiger partial charge in [-0.15, -0.1) is 0 Å². The van der Waals surface area contributed by atoms with Gasteiger partial charge in [0.1, 0.15) is 11.1 Å². The monoisotopic (exact) mass is 503 g/mol. The van der Waals surface area contributed by atoms with Gasteiger partial charge in [-0.2, -0.15) is 0 Å². The summed E-state index contributed by atoms with van der Waals surface area (Å²) in [5.41, 5.74) is 0.00300. The van der Waals surface area contributed by atoms with Gasteiger partial charge in [-0.3, -0.25) is 9.59 Å². The summed E-state index contributed by atoms with van der Waals surface area (Å²) in [6.45, 7) is 0.171. The van der Waals surface area contributed by atoms with Crippen LogP contribution in [-0.4, -0.2) is 42.3 Å². The number of carbonyl (C=O) groups is 2. The summed E-state index contributed by atoms with van der Waals surface area (Å²) in [7, 11) is 0. The number of amides is 2. The third-order valence-corrected chi connectivity index (χ3v) is 8.06. The Hall–Kier alpha value is -3.52. The Labute approximate surface area is 214 Å². The summed E-state index contributed by atoms with van der Waals surface area (Å²) in [5.74, 6) is -0.487. The molecule has 3 fully saturated rings. The largest absolute Gasteiger partial charge is 0.451 e. The van der Waals surface area contributed by atoms with E-state index < -0.39 is 22.7 Å². The minimum absolute atomic E-state index is 0.0853. The maximum atomic E-state index is 14.6. The van der Waals surface area contributed by atoms with E-state index in [4.69, 9.17) is 14.6 Å². The van der Waals surface area contributed by atoms with E-state index in [1.165, 1.54) is 6.21 Å². The smallest absolute Gasteiger partial charge is 0.287 e. The second-order valence-corrected chi connectivity index (χ2v) is 10.8. The highest BCUT2D eigenvalue weighted by Crippen LogP contribution is 2.37. The summed E-state index contributed by atoms with van der Waals surface area (Å²) < 4.78 is 25.6. The van der Waals surface area contributed by atoms with Crippen LogP contribution in [0.2, 0.25) is 0 Å². The molecular formula is C29H30FN3O4. The van der Waals surface area contributed by atoms with E-state index in [0.717, 1.165) is 48.6 Å². The third-order valence-electron chi connectivity index (χ3n) is 8.06. The van der Waals surface area contributed by atoms with Crippen molar-refractivity contribution >= 4 is 29.0 Å². The SMILES string of the molecule is N=CC1(NC(=O)C2(NC(=O)c3cc4ccc(-c5ccc(C6(F)COC6)cc5)cc4o3)CCCCC2)CC1. The van der Waals surface area contributed by atoms with Crippen LogP contribution in [0.5, 0.6) is 0 Å². The molecule has 2 heterocycles. The fourth-order valence-corrected chi connectivity index (χ4v) is 5.36. The second-order valence-electron chi connectivity index (χ2n) is 10.8. The first-order valence-corrected chi connectivity index (χ1v) is 12.9. The maximum Gasteiger partial charge on any atom is 0.287 e. The minimum Gasteiger partial charge on any atom is -0.451 e. The normalized spacial score (nSPS) is 21.0. The number of halogens is 1. The summed E-state index contributed by atoms with van der Waals surface area (Å²) >= 11 is 0. The highest BCUT2D eigenvalue weighted by molar-refractivity contribution is 6.01. The lowest BCUT2D eigenvalue weighted by molar-refractivity contribution is -0.135. The number of fused-ring (bicyclic) bond motifs is 1. The molecule has 37 heavy (non-hydrogen) atoms. The number of carbonyl (C=O) groups excluding carboxylic acids is 2. The molecule has 0 radical (unpaired) electrons. The van der Waals surface area contributed by atoms with Gasteiger partial charge >= 0.3 is 0 Å². The number of furan rings is 1. The number of hydrogen-bond acceptors (Lipinski definition) is 5. The summed E-state index contributed by atoms with van der Waals surface area (Å²) in [6, 6.07) is 14.7. The van der Waals surface area contributed by atoms with E-state index in [-0.39, 0.29) is 24.9 Å². The van der Waals surface area contributed by atoms with Crippen LogP contribution in [0.15, 0.2) is 52.9 Å². The van der Waals surface area contributed by atoms with E-state index in [0.29, 0.717) is 24.0 Å². The van der Waals surface area contributed by atoms with Gasteiger partial charge in [-0.05, 0) is 54.5 Å². The van der Waals surface area contributed by atoms with Crippen molar-refractivity contribution in [2.24, 2.45) is 0 Å². The highest BCUT2D eigenvalue weighted by atomic mass is 19.1. The average Bonchev–Trinajstić information content (AvgIpc) is 3.54. The van der Waals surface area contributed by atoms with Gasteiger partial charge in [0.2, 0.25) is 5.91 Å². The molecule has 6 rings (SSSR count). The first-order chi connectivity index (χ1) is 17.8. The number of rotatable bonds is 7. The molecule has 2 saturated carbocycles. The molecule has 8 heteroatoms. The van der Waals surface area contributed by atoms with Crippen LogP contribution in [0.3, 0.4) is 0 Å². The standard InChI is InChI=1S/C29H30FN3O4/c30-28(17-36-18-28)22-8-6-19(7-9-22)20-4-5-21-15-24(37-23(21)14-20)25(34)32-29(10-2-1-3-11-29)26(35)33-27(16-31)12-13-27/h4-9,14-16,31H,1-3,10-13,17-18H2,(H,32,34)(H,33,35). The molecule has 2 aromatic carbocycles. The van der Waals surface area contributed by atoms with Crippen molar-refractivity contribution in [3.63, 3.8) is 0 Å². The summed E-state index contributed by atoms with van der Waals surface area (Å²) in [5, 5.41) is 14.4. The molecule has 0 spiro atoms. The number of nitrogens with one attached hydrogen (secondary N) is 3. The van der Waals surface area contributed by atoms with E-state index in [9.17, 15) is 14.0 Å². The van der Waals surface area contributed by atoms with E-state index >= 15 is 0 Å². The fourth-order valence-electron chi connectivity index (χ4n) is 5.36. The molecule has 3 aromatic rings. The Morgan fingerprint density at radius 2 is 1.59 bits per heavy atom. The molecule has 7 nitrogen and oxygen atoms in total. The number of ether oxygens (including phenoxy) is 1. The molecule has 3 aliphatic rings. The fraction of sp³-hybridized carbons (Fsp3) is 0.414. The van der Waals surface area contributed by atoms with Crippen molar-refractivity contribution in [3.05, 3.63) is 59.9 Å². The van der Waals surface area contributed by atoms with Crippen molar-refractivity contribution in [2.45, 2.75) is 61.7 Å². The van der Waals surface area contributed by atoms with Crippen LogP contribution >= 0.6 is 0 Å². The Morgan fingerprint density at radius 3 is 2.22 bits per heavy atom. The zero-order valence-corrected chi connectivity index (χ0v) is 20.6. The molecule has 1 aromatic heterocycles. The lowest BCUT2D eigenvalue weighted by atomic mass is 9.80. The van der Waals surface area contributed by atoms with Gasteiger partial charge < -0.3 is 25.2 Å². The number of alkyl halides is 1. The van der Waals surface area contributed by atoms with E-state index in [1.54, 1.807) is 18.2 Å². The number of benzene rings is 2. The molecule has 1 aliphatic heterocycles. The lowest BCUT2D eigenvalue weighted by Gasteiger charge is -2.37. The first-order valence-electron chi connectivity index (χ1n) is 12.9. The van der Waals surface area contributed by atoms with Gasteiger partial charge in [0.25, 0.3) is 5.91 Å². The molecule has 0 bridgehead atoms. The molecule has 2 amide bonds. The predicted molar refractivity (Wildman–Crippen MR) is 137 cm³/mol. The molecular weight excluding hydrogens is 473 g/mol. The Morgan fingerprint density at radius 1 is 0.892 bits per heavy atom. The highest BCUT2D eigenvalue weighted by Gasteiger charge is 2.48. The zero-order valence-electron chi connectivity index (χ0n) is 20.6. The van der Waals surface area contributed by atoms with Crippen LogP contribution in [0.25, 0.3) is 22.1 Å². The quantitative estimate of drug-likeness (QED) is 0.394. The van der Waals surface area contributed by atoms with Crippen LogP contribution in [0.4, 0.5) is 4.39 Å². The molecule has 2 aliphatic carbocycles. The van der Waals surface area contributed by atoms with Crippen molar-refractivity contribution in [2.75, 3.05) is 13.2 Å². The zero-order chi connectivity index (χ0) is 25.7. The van der Waals surface area contributed by atoms with Crippen LogP contribution < -0.4 is 10.6 Å². The molecule has 0 unspecified atom stereocenters. The van der Waals surface area contributed by atoms with Crippen molar-refractivity contribution in [3.8, 4) is 11.1 Å². The minimum atomic E-state index is -1.41. The van der Waals surface area contributed by atoms with Crippen molar-refractivity contribution < 1.29 is 23.1 Å². The van der Waals surface area contributed by atoms with Gasteiger partial charge in [0.15, 0.2) is 11.4 Å². The molecule has 0 atom stereocenters. The maximum absolute atomic E-state index is 14.6. The van der Waals surface area contributed by atoms with Gasteiger partial charge in [-0.1, -0.05) is 55.7 Å². The van der Waals surface area contributed by atoms with Crippen LogP contribution in [0.1, 0.15) is 61.1 Å². The van der Waals surface area contributed by atoms with E-state index in [2.05, 4.69) is 10.6 Å². The average molecular weight is 504 g/mol. The Bertz CT molecular complexity index is 1370. The lowest BCUT2D eigenvalue weighted by Crippen LogP contribution is -2.61.